The quantitative estimate of drug-likeness (QED) is 0.0321. The van der Waals surface area contributed by atoms with Crippen LogP contribution < -0.4 is 5.32 Å². The summed E-state index contributed by atoms with van der Waals surface area (Å²) in [5.74, 6) is -0.0615. The summed E-state index contributed by atoms with van der Waals surface area (Å²) in [5, 5.41) is 23.2. The maximum absolute atomic E-state index is 12.4. The molecule has 6 heteroatoms. The topological polar surface area (TPSA) is 95.9 Å². The van der Waals surface area contributed by atoms with Crippen molar-refractivity contribution in [2.75, 3.05) is 13.2 Å². The molecule has 0 aromatic carbocycles. The molecule has 2 atom stereocenters. The number of aliphatic hydroxyl groups is 2. The number of ether oxygens (including phenoxy) is 1. The average Bonchev–Trinajstić information content (AvgIpc) is 3.28. The van der Waals surface area contributed by atoms with Crippen LogP contribution in [0.2, 0.25) is 0 Å². The Morgan fingerprint density at radius 1 is 0.444 bits per heavy atom. The molecule has 0 aliphatic carbocycles. The van der Waals surface area contributed by atoms with Gasteiger partial charge in [0.15, 0.2) is 0 Å². The predicted octanol–water partition coefficient (Wildman–Crippen LogP) is 16.9. The molecular formula is C57H107NO5. The van der Waals surface area contributed by atoms with E-state index in [1.54, 1.807) is 0 Å². The van der Waals surface area contributed by atoms with Crippen LogP contribution in [-0.2, 0) is 14.3 Å². The normalized spacial score (nSPS) is 12.9. The van der Waals surface area contributed by atoms with Crippen LogP contribution in [0.25, 0.3) is 0 Å². The molecule has 2 unspecified atom stereocenters. The summed E-state index contributed by atoms with van der Waals surface area (Å²) in [6, 6.07) is -0.551. The lowest BCUT2D eigenvalue weighted by atomic mass is 10.0. The van der Waals surface area contributed by atoms with Gasteiger partial charge in [0, 0.05) is 12.8 Å². The number of aliphatic hydroxyl groups excluding tert-OH is 2. The van der Waals surface area contributed by atoms with Crippen molar-refractivity contribution in [1.82, 2.24) is 5.32 Å². The van der Waals surface area contributed by atoms with E-state index in [2.05, 4.69) is 55.6 Å². The first-order chi connectivity index (χ1) is 31.0. The van der Waals surface area contributed by atoms with Crippen molar-refractivity contribution in [3.05, 3.63) is 36.5 Å². The summed E-state index contributed by atoms with van der Waals surface area (Å²) in [6.45, 7) is 4.90. The summed E-state index contributed by atoms with van der Waals surface area (Å²) in [5.41, 5.74) is 0. The van der Waals surface area contributed by atoms with E-state index in [1.807, 2.05) is 0 Å². The van der Waals surface area contributed by atoms with Crippen molar-refractivity contribution < 1.29 is 24.5 Å². The second-order valence-electron chi connectivity index (χ2n) is 18.9. The molecule has 0 spiro atoms. The van der Waals surface area contributed by atoms with E-state index in [-0.39, 0.29) is 18.5 Å². The van der Waals surface area contributed by atoms with Crippen molar-refractivity contribution in [3.8, 4) is 0 Å². The minimum atomic E-state index is -0.673. The molecule has 0 aromatic heterocycles. The van der Waals surface area contributed by atoms with E-state index < -0.39 is 12.1 Å². The SMILES string of the molecule is CCCCC/C=C\C/C=C\CCCCCCCC(=O)OCCCCCCCCCCC/C=C\CCCCCCCC(=O)NC(CO)C(O)CCCCCCCCCCCCCCC. The zero-order valence-corrected chi connectivity index (χ0v) is 42.1. The Bertz CT molecular complexity index is 1020. The fraction of sp³-hybridized carbons (Fsp3) is 0.860. The van der Waals surface area contributed by atoms with Gasteiger partial charge in [-0.05, 0) is 83.5 Å². The molecule has 63 heavy (non-hydrogen) atoms. The van der Waals surface area contributed by atoms with Crippen molar-refractivity contribution in [2.24, 2.45) is 0 Å². The van der Waals surface area contributed by atoms with E-state index in [9.17, 15) is 19.8 Å². The van der Waals surface area contributed by atoms with Crippen molar-refractivity contribution in [1.29, 1.82) is 0 Å². The van der Waals surface area contributed by atoms with Crippen molar-refractivity contribution >= 4 is 11.9 Å². The van der Waals surface area contributed by atoms with Gasteiger partial charge in [-0.25, -0.2) is 0 Å². The fourth-order valence-corrected chi connectivity index (χ4v) is 8.37. The van der Waals surface area contributed by atoms with Crippen LogP contribution >= 0.6 is 0 Å². The number of esters is 1. The minimum Gasteiger partial charge on any atom is -0.466 e. The third-order valence-electron chi connectivity index (χ3n) is 12.7. The number of carbonyl (C=O) groups excluding carboxylic acids is 2. The molecule has 0 heterocycles. The third kappa shape index (κ3) is 49.4. The summed E-state index contributed by atoms with van der Waals surface area (Å²) >= 11 is 0. The lowest BCUT2D eigenvalue weighted by Gasteiger charge is -2.22. The number of hydrogen-bond donors (Lipinski definition) is 3. The van der Waals surface area contributed by atoms with Crippen LogP contribution in [0.4, 0.5) is 0 Å². The highest BCUT2D eigenvalue weighted by molar-refractivity contribution is 5.76. The summed E-state index contributed by atoms with van der Waals surface area (Å²) in [4.78, 5) is 24.5. The van der Waals surface area contributed by atoms with E-state index in [0.29, 0.717) is 25.9 Å². The van der Waals surface area contributed by atoms with Crippen LogP contribution in [0.5, 0.6) is 0 Å². The highest BCUT2D eigenvalue weighted by Gasteiger charge is 2.20. The second kappa shape index (κ2) is 52.7. The maximum Gasteiger partial charge on any atom is 0.305 e. The smallest absolute Gasteiger partial charge is 0.305 e. The number of unbranched alkanes of at least 4 members (excludes halogenated alkanes) is 34. The largest absolute Gasteiger partial charge is 0.466 e. The van der Waals surface area contributed by atoms with Gasteiger partial charge in [-0.3, -0.25) is 9.59 Å². The summed E-state index contributed by atoms with van der Waals surface area (Å²) in [6.07, 6.45) is 64.1. The zero-order valence-electron chi connectivity index (χ0n) is 42.1. The molecule has 6 nitrogen and oxygen atoms in total. The molecule has 0 saturated carbocycles. The molecular weight excluding hydrogens is 779 g/mol. The summed E-state index contributed by atoms with van der Waals surface area (Å²) in [7, 11) is 0. The Balaban J connectivity index is 3.46. The van der Waals surface area contributed by atoms with Gasteiger partial charge in [0.2, 0.25) is 5.91 Å². The van der Waals surface area contributed by atoms with Gasteiger partial charge in [0.1, 0.15) is 0 Å². The molecule has 1 amide bonds. The third-order valence-corrected chi connectivity index (χ3v) is 12.7. The van der Waals surface area contributed by atoms with E-state index in [0.717, 1.165) is 70.6 Å². The van der Waals surface area contributed by atoms with Gasteiger partial charge in [-0.2, -0.15) is 0 Å². The molecule has 0 rings (SSSR count). The lowest BCUT2D eigenvalue weighted by molar-refractivity contribution is -0.143. The van der Waals surface area contributed by atoms with Gasteiger partial charge in [0.05, 0.1) is 25.4 Å². The number of nitrogens with one attached hydrogen (secondary N) is 1. The maximum atomic E-state index is 12.4. The zero-order chi connectivity index (χ0) is 45.8. The van der Waals surface area contributed by atoms with Crippen LogP contribution in [0.1, 0.15) is 290 Å². The number of allylic oxidation sites excluding steroid dienone is 6. The molecule has 0 bridgehead atoms. The van der Waals surface area contributed by atoms with Crippen LogP contribution in [0.3, 0.4) is 0 Å². The highest BCUT2D eigenvalue weighted by Crippen LogP contribution is 2.16. The predicted molar refractivity (Wildman–Crippen MR) is 273 cm³/mol. The van der Waals surface area contributed by atoms with Gasteiger partial charge < -0.3 is 20.3 Å². The first kappa shape index (κ1) is 61.1. The molecule has 3 N–H and O–H groups in total. The Labute approximate surface area is 392 Å². The molecule has 370 valence electrons. The minimum absolute atomic E-state index is 0.0114. The van der Waals surface area contributed by atoms with Gasteiger partial charge in [0.25, 0.3) is 0 Å². The lowest BCUT2D eigenvalue weighted by Crippen LogP contribution is -2.45. The number of rotatable bonds is 51. The van der Waals surface area contributed by atoms with Gasteiger partial charge >= 0.3 is 5.97 Å². The average molecular weight is 886 g/mol. The molecule has 0 saturated heterocycles. The van der Waals surface area contributed by atoms with E-state index in [1.165, 1.54) is 186 Å². The summed E-state index contributed by atoms with van der Waals surface area (Å²) < 4.78 is 5.46. The van der Waals surface area contributed by atoms with Crippen molar-refractivity contribution in [3.63, 3.8) is 0 Å². The van der Waals surface area contributed by atoms with Crippen LogP contribution in [0.15, 0.2) is 36.5 Å². The molecule has 0 aliphatic rings. The van der Waals surface area contributed by atoms with Crippen molar-refractivity contribution in [2.45, 2.75) is 302 Å². The molecule has 0 radical (unpaired) electrons. The second-order valence-corrected chi connectivity index (χ2v) is 18.9. The first-order valence-electron chi connectivity index (χ1n) is 27.7. The fourth-order valence-electron chi connectivity index (χ4n) is 8.37. The van der Waals surface area contributed by atoms with Crippen LogP contribution in [-0.4, -0.2) is 47.4 Å². The van der Waals surface area contributed by atoms with Gasteiger partial charge in [-0.15, -0.1) is 0 Å². The monoisotopic (exact) mass is 886 g/mol. The first-order valence-corrected chi connectivity index (χ1v) is 27.7. The number of amides is 1. The highest BCUT2D eigenvalue weighted by atomic mass is 16.5. The van der Waals surface area contributed by atoms with E-state index in [4.69, 9.17) is 4.74 Å². The molecule has 0 aliphatic heterocycles. The standard InChI is InChI=1S/C57H107NO5/c1-3-5-7-9-11-13-15-17-22-27-31-35-39-43-47-51-57(62)63-52-48-44-40-36-32-28-24-21-19-18-20-23-26-30-34-38-42-46-50-56(61)58-54(53-59)55(60)49-45-41-37-33-29-25-16-14-12-10-8-6-4-2/h11,13,17,20,22-23,54-55,59-60H,3-10,12,14-16,18-19,21,24-53H2,1-2H3,(H,58,61)/b13-11-,22-17-,23-20-. The molecule has 0 aromatic rings. The Morgan fingerprint density at radius 3 is 1.25 bits per heavy atom. The van der Waals surface area contributed by atoms with E-state index >= 15 is 0 Å². The number of carbonyl (C=O) groups is 2. The molecule has 0 fully saturated rings. The van der Waals surface area contributed by atoms with Crippen LogP contribution in [0, 0.1) is 0 Å². The Morgan fingerprint density at radius 2 is 0.794 bits per heavy atom. The number of hydrogen-bond acceptors (Lipinski definition) is 5. The Hall–Kier alpha value is -1.92. The van der Waals surface area contributed by atoms with Gasteiger partial charge in [-0.1, -0.05) is 230 Å². The Kier molecular flexibility index (Phi) is 51.1.